The third-order valence-corrected chi connectivity index (χ3v) is 4.97. The van der Waals surface area contributed by atoms with Crippen LogP contribution in [0.25, 0.3) is 11.1 Å². The predicted octanol–water partition coefficient (Wildman–Crippen LogP) is 4.10. The van der Waals surface area contributed by atoms with Crippen molar-refractivity contribution in [2.45, 2.75) is 51.5 Å². The van der Waals surface area contributed by atoms with E-state index in [2.05, 4.69) is 33.9 Å². The van der Waals surface area contributed by atoms with Crippen LogP contribution in [0.4, 0.5) is 0 Å². The molecule has 0 unspecified atom stereocenters. The molecule has 132 valence electrons. The van der Waals surface area contributed by atoms with Crippen molar-refractivity contribution in [3.8, 4) is 0 Å². The van der Waals surface area contributed by atoms with Gasteiger partial charge in [-0.2, -0.15) is 4.98 Å². The second kappa shape index (κ2) is 6.96. The van der Waals surface area contributed by atoms with Gasteiger partial charge in [0.05, 0.1) is 6.04 Å². The fraction of sp³-hybridized carbons (Fsp3) is 0.526. The molecule has 0 radical (unpaired) electrons. The standard InChI is InChI=1S/C19H24N4O2/c1-3-7-17-21-18(25-22-17)13(2)23-11-6-8-14(12-23)19-20-15-9-4-5-10-16(15)24-19/h4-5,9-10,13-14H,3,6-8,11-12H2,1-2H3/t13-,14+/m0/s1. The fourth-order valence-corrected chi connectivity index (χ4v) is 3.54. The SMILES string of the molecule is CCCc1noc([C@H](C)N2CCC[C@@H](c3nc4ccccc4o3)C2)n1. The van der Waals surface area contributed by atoms with E-state index >= 15 is 0 Å². The summed E-state index contributed by atoms with van der Waals surface area (Å²) in [4.78, 5) is 11.6. The second-order valence-corrected chi connectivity index (χ2v) is 6.83. The summed E-state index contributed by atoms with van der Waals surface area (Å²) < 4.78 is 11.5. The third kappa shape index (κ3) is 3.31. The molecule has 1 saturated heterocycles. The number of para-hydroxylation sites is 2. The third-order valence-electron chi connectivity index (χ3n) is 4.97. The Bertz CT molecular complexity index is 808. The van der Waals surface area contributed by atoms with Crippen molar-refractivity contribution in [3.05, 3.63) is 41.9 Å². The van der Waals surface area contributed by atoms with Gasteiger partial charge in [-0.05, 0) is 44.9 Å². The van der Waals surface area contributed by atoms with Crippen LogP contribution in [0.2, 0.25) is 0 Å². The van der Waals surface area contributed by atoms with Crippen LogP contribution in [-0.2, 0) is 6.42 Å². The van der Waals surface area contributed by atoms with Crippen LogP contribution in [0.1, 0.15) is 62.7 Å². The highest BCUT2D eigenvalue weighted by molar-refractivity contribution is 5.72. The summed E-state index contributed by atoms with van der Waals surface area (Å²) in [6, 6.07) is 8.07. The molecule has 0 aliphatic carbocycles. The van der Waals surface area contributed by atoms with E-state index in [0.29, 0.717) is 11.8 Å². The smallest absolute Gasteiger partial charge is 0.243 e. The van der Waals surface area contributed by atoms with E-state index in [1.807, 2.05) is 24.3 Å². The lowest BCUT2D eigenvalue weighted by atomic mass is 9.97. The van der Waals surface area contributed by atoms with E-state index in [1.165, 1.54) is 0 Å². The van der Waals surface area contributed by atoms with Crippen LogP contribution in [0.15, 0.2) is 33.2 Å². The number of likely N-dealkylation sites (tertiary alicyclic amines) is 1. The van der Waals surface area contributed by atoms with Gasteiger partial charge in [0.25, 0.3) is 0 Å². The molecular weight excluding hydrogens is 316 g/mol. The minimum atomic E-state index is 0.116. The van der Waals surface area contributed by atoms with E-state index < -0.39 is 0 Å². The Balaban J connectivity index is 1.49. The molecule has 2 aromatic heterocycles. The van der Waals surface area contributed by atoms with E-state index in [1.54, 1.807) is 0 Å². The van der Waals surface area contributed by atoms with Crippen molar-refractivity contribution >= 4 is 11.1 Å². The Morgan fingerprint density at radius 3 is 3.00 bits per heavy atom. The minimum Gasteiger partial charge on any atom is -0.440 e. The summed E-state index contributed by atoms with van der Waals surface area (Å²) in [7, 11) is 0. The predicted molar refractivity (Wildman–Crippen MR) is 94.3 cm³/mol. The Hall–Kier alpha value is -2.21. The maximum Gasteiger partial charge on any atom is 0.243 e. The van der Waals surface area contributed by atoms with Crippen molar-refractivity contribution < 1.29 is 8.94 Å². The second-order valence-electron chi connectivity index (χ2n) is 6.83. The normalized spacial score (nSPS) is 20.2. The molecule has 0 amide bonds. The van der Waals surface area contributed by atoms with Gasteiger partial charge in [0, 0.05) is 18.9 Å². The van der Waals surface area contributed by atoms with Crippen molar-refractivity contribution in [1.29, 1.82) is 0 Å². The molecule has 6 heteroatoms. The maximum atomic E-state index is 5.99. The number of oxazole rings is 1. The van der Waals surface area contributed by atoms with Crippen LogP contribution in [0, 0.1) is 0 Å². The Kier molecular flexibility index (Phi) is 4.53. The van der Waals surface area contributed by atoms with Gasteiger partial charge in [-0.1, -0.05) is 24.2 Å². The van der Waals surface area contributed by atoms with Crippen LogP contribution < -0.4 is 0 Å². The first-order valence-electron chi connectivity index (χ1n) is 9.16. The number of fused-ring (bicyclic) bond motifs is 1. The molecule has 0 saturated carbocycles. The van der Waals surface area contributed by atoms with Crippen LogP contribution in [-0.4, -0.2) is 33.1 Å². The summed E-state index contributed by atoms with van der Waals surface area (Å²) in [5.41, 5.74) is 1.80. The molecule has 4 rings (SSSR count). The van der Waals surface area contributed by atoms with Crippen molar-refractivity contribution in [1.82, 2.24) is 20.0 Å². The number of nitrogens with zero attached hydrogens (tertiary/aromatic N) is 4. The summed E-state index contributed by atoms with van der Waals surface area (Å²) in [5.74, 6) is 2.66. The van der Waals surface area contributed by atoms with Crippen molar-refractivity contribution in [3.63, 3.8) is 0 Å². The van der Waals surface area contributed by atoms with Gasteiger partial charge in [0.2, 0.25) is 5.89 Å². The van der Waals surface area contributed by atoms with Crippen molar-refractivity contribution in [2.24, 2.45) is 0 Å². The molecule has 6 nitrogen and oxygen atoms in total. The monoisotopic (exact) mass is 340 g/mol. The van der Waals surface area contributed by atoms with Gasteiger partial charge in [-0.15, -0.1) is 0 Å². The van der Waals surface area contributed by atoms with E-state index in [9.17, 15) is 0 Å². The molecule has 0 bridgehead atoms. The first-order valence-corrected chi connectivity index (χ1v) is 9.16. The average Bonchev–Trinajstić information content (AvgIpc) is 3.28. The number of aromatic nitrogens is 3. The van der Waals surface area contributed by atoms with Crippen LogP contribution >= 0.6 is 0 Å². The van der Waals surface area contributed by atoms with Gasteiger partial charge in [0.1, 0.15) is 5.52 Å². The Morgan fingerprint density at radius 2 is 2.16 bits per heavy atom. The average molecular weight is 340 g/mol. The maximum absolute atomic E-state index is 5.99. The summed E-state index contributed by atoms with van der Waals surface area (Å²) in [5, 5.41) is 4.08. The summed E-state index contributed by atoms with van der Waals surface area (Å²) in [6.07, 6.45) is 4.10. The summed E-state index contributed by atoms with van der Waals surface area (Å²) >= 11 is 0. The minimum absolute atomic E-state index is 0.116. The molecular formula is C19H24N4O2. The molecule has 0 N–H and O–H groups in total. The largest absolute Gasteiger partial charge is 0.440 e. The summed E-state index contributed by atoms with van der Waals surface area (Å²) in [6.45, 7) is 6.19. The quantitative estimate of drug-likeness (QED) is 0.696. The van der Waals surface area contributed by atoms with Gasteiger partial charge >= 0.3 is 0 Å². The van der Waals surface area contributed by atoms with Crippen LogP contribution in [0.5, 0.6) is 0 Å². The highest BCUT2D eigenvalue weighted by atomic mass is 16.5. The zero-order chi connectivity index (χ0) is 17.2. The lowest BCUT2D eigenvalue weighted by molar-refractivity contribution is 0.126. The van der Waals surface area contributed by atoms with E-state index in [4.69, 9.17) is 8.94 Å². The fourth-order valence-electron chi connectivity index (χ4n) is 3.54. The molecule has 1 aliphatic heterocycles. The number of hydrogen-bond acceptors (Lipinski definition) is 6. The highest BCUT2D eigenvalue weighted by Crippen LogP contribution is 2.32. The number of benzene rings is 1. The molecule has 1 aromatic carbocycles. The number of piperidine rings is 1. The molecule has 3 aromatic rings. The van der Waals surface area contributed by atoms with Gasteiger partial charge in [-0.3, -0.25) is 4.90 Å². The van der Waals surface area contributed by atoms with E-state index in [0.717, 1.165) is 61.6 Å². The number of rotatable bonds is 5. The van der Waals surface area contributed by atoms with Gasteiger partial charge < -0.3 is 8.94 Å². The number of hydrogen-bond donors (Lipinski definition) is 0. The van der Waals surface area contributed by atoms with Crippen LogP contribution in [0.3, 0.4) is 0 Å². The molecule has 2 atom stereocenters. The Labute approximate surface area is 147 Å². The molecule has 1 aliphatic rings. The molecule has 1 fully saturated rings. The zero-order valence-electron chi connectivity index (χ0n) is 14.8. The highest BCUT2D eigenvalue weighted by Gasteiger charge is 2.30. The topological polar surface area (TPSA) is 68.2 Å². The molecule has 0 spiro atoms. The first-order chi connectivity index (χ1) is 12.2. The lowest BCUT2D eigenvalue weighted by Gasteiger charge is -2.34. The van der Waals surface area contributed by atoms with E-state index in [-0.39, 0.29) is 6.04 Å². The van der Waals surface area contributed by atoms with Gasteiger partial charge in [0.15, 0.2) is 17.3 Å². The van der Waals surface area contributed by atoms with Crippen molar-refractivity contribution in [2.75, 3.05) is 13.1 Å². The zero-order valence-corrected chi connectivity index (χ0v) is 14.8. The Morgan fingerprint density at radius 1 is 1.28 bits per heavy atom. The first kappa shape index (κ1) is 16.3. The lowest BCUT2D eigenvalue weighted by Crippen LogP contribution is -2.36. The van der Waals surface area contributed by atoms with Gasteiger partial charge in [-0.25, -0.2) is 4.98 Å². The molecule has 3 heterocycles. The molecule has 25 heavy (non-hydrogen) atoms. The number of aryl methyl sites for hydroxylation is 1.